The van der Waals surface area contributed by atoms with Crippen LogP contribution in [0.1, 0.15) is 52.8 Å². The highest BCUT2D eigenvalue weighted by atomic mass is 32.1. The molecule has 0 saturated heterocycles. The molecule has 16 rings (SSSR count). The Labute approximate surface area is 467 Å². The van der Waals surface area contributed by atoms with E-state index in [1.165, 1.54) is 130 Å². The Balaban J connectivity index is 0.0000000992. The van der Waals surface area contributed by atoms with Crippen LogP contribution in [0.15, 0.2) is 247 Å². The van der Waals surface area contributed by atoms with Crippen LogP contribution in [0.2, 0.25) is 0 Å². The molecule has 0 aliphatic heterocycles. The number of thiophene rings is 1. The van der Waals surface area contributed by atoms with E-state index in [1.54, 1.807) is 0 Å². The molecule has 4 heteroatoms. The Morgan fingerprint density at radius 3 is 1.54 bits per heavy atom. The third-order valence-electron chi connectivity index (χ3n) is 15.7. The second-order valence-electron chi connectivity index (χ2n) is 21.7. The first-order valence-corrected chi connectivity index (χ1v) is 28.2. The van der Waals surface area contributed by atoms with Gasteiger partial charge in [0.25, 0.3) is 0 Å². The van der Waals surface area contributed by atoms with E-state index < -0.39 is 0 Å². The molecule has 3 nitrogen and oxygen atoms in total. The van der Waals surface area contributed by atoms with Gasteiger partial charge in [0, 0.05) is 81.7 Å². The number of rotatable bonds is 1. The van der Waals surface area contributed by atoms with Gasteiger partial charge in [0.1, 0.15) is 11.2 Å². The lowest BCUT2D eigenvalue weighted by molar-refractivity contribution is 0.660. The molecule has 4 aromatic heterocycles. The molecule has 15 aromatic rings. The van der Waals surface area contributed by atoms with Crippen molar-refractivity contribution < 1.29 is 4.42 Å². The summed E-state index contributed by atoms with van der Waals surface area (Å²) < 4.78 is 13.1. The first-order chi connectivity index (χ1) is 38.4. The van der Waals surface area contributed by atoms with Crippen LogP contribution in [0, 0.1) is 34.6 Å². The normalized spacial score (nSPS) is 12.2. The minimum absolute atomic E-state index is 0.151. The van der Waals surface area contributed by atoms with Crippen LogP contribution in [-0.4, -0.2) is 9.13 Å². The van der Waals surface area contributed by atoms with E-state index in [-0.39, 0.29) is 5.41 Å². The summed E-state index contributed by atoms with van der Waals surface area (Å²) in [5.74, 6) is 0. The Hall–Kier alpha value is -8.96. The zero-order valence-electron chi connectivity index (χ0n) is 46.3. The number of furan rings is 1. The average Bonchev–Trinajstić information content (AvgIpc) is 4.46. The van der Waals surface area contributed by atoms with Crippen molar-refractivity contribution >= 4 is 97.1 Å². The van der Waals surface area contributed by atoms with Crippen LogP contribution < -0.4 is 0 Å². The molecule has 4 heterocycles. The largest absolute Gasteiger partial charge is 0.456 e. The van der Waals surface area contributed by atoms with Gasteiger partial charge in [-0.05, 0) is 140 Å². The lowest BCUT2D eigenvalue weighted by Crippen LogP contribution is -2.14. The van der Waals surface area contributed by atoms with Crippen molar-refractivity contribution in [1.29, 1.82) is 0 Å². The molecule has 1 aliphatic rings. The monoisotopic (exact) mass is 1040 g/mol. The summed E-state index contributed by atoms with van der Waals surface area (Å²) in [6, 6.07) is 86.3. The van der Waals surface area contributed by atoms with Crippen molar-refractivity contribution in [2.24, 2.45) is 7.05 Å². The van der Waals surface area contributed by atoms with Crippen LogP contribution in [0.25, 0.3) is 103 Å². The molecule has 0 spiro atoms. The SMILES string of the molecule is Cc1ccc2c(c1)C(C)(C)c1ccccc1-2.Cc1ccc2c(c1)oc1ccccc12.Cc1ccc2c(c1)sc1ccccc12.Cc1ccc2c3ccccc3n(-c3ccccc3)c2c1.Cc1ccc2c3ccccc3n(C)c2c1. The summed E-state index contributed by atoms with van der Waals surface area (Å²) in [4.78, 5) is 0. The molecule has 11 aromatic carbocycles. The van der Waals surface area contributed by atoms with Gasteiger partial charge in [0.15, 0.2) is 0 Å². The fourth-order valence-corrected chi connectivity index (χ4v) is 12.9. The molecule has 0 N–H and O–H groups in total. The number of hydrogen-bond donors (Lipinski definition) is 0. The van der Waals surface area contributed by atoms with Crippen molar-refractivity contribution in [2.45, 2.75) is 53.9 Å². The summed E-state index contributed by atoms with van der Waals surface area (Å²) in [6.45, 7) is 15.3. The molecule has 79 heavy (non-hydrogen) atoms. The van der Waals surface area contributed by atoms with Crippen molar-refractivity contribution in [3.63, 3.8) is 0 Å². The quantitative estimate of drug-likeness (QED) is 0.161. The minimum atomic E-state index is 0.151. The zero-order valence-corrected chi connectivity index (χ0v) is 47.1. The maximum atomic E-state index is 5.73. The third-order valence-corrected chi connectivity index (χ3v) is 16.9. The van der Waals surface area contributed by atoms with Crippen LogP contribution in [-0.2, 0) is 12.5 Å². The van der Waals surface area contributed by atoms with Gasteiger partial charge in [-0.25, -0.2) is 0 Å². The van der Waals surface area contributed by atoms with E-state index in [2.05, 4.69) is 289 Å². The van der Waals surface area contributed by atoms with Gasteiger partial charge in [0.05, 0.1) is 11.0 Å². The fraction of sp³-hybridized carbons (Fsp3) is 0.120. The fourth-order valence-electron chi connectivity index (χ4n) is 11.7. The zero-order chi connectivity index (χ0) is 54.4. The topological polar surface area (TPSA) is 23.0 Å². The van der Waals surface area contributed by atoms with Gasteiger partial charge in [0.2, 0.25) is 0 Å². The first-order valence-electron chi connectivity index (χ1n) is 27.4. The number of benzene rings is 11. The molecule has 0 unspecified atom stereocenters. The Morgan fingerprint density at radius 1 is 0.329 bits per heavy atom. The second-order valence-corrected chi connectivity index (χ2v) is 22.8. The van der Waals surface area contributed by atoms with E-state index in [0.717, 1.165) is 11.2 Å². The van der Waals surface area contributed by atoms with Gasteiger partial charge < -0.3 is 13.6 Å². The minimum Gasteiger partial charge on any atom is -0.456 e. The number of fused-ring (bicyclic) bond motifs is 15. The van der Waals surface area contributed by atoms with E-state index >= 15 is 0 Å². The molecule has 1 aliphatic carbocycles. The van der Waals surface area contributed by atoms with Gasteiger partial charge in [-0.1, -0.05) is 201 Å². The van der Waals surface area contributed by atoms with Crippen LogP contribution in [0.5, 0.6) is 0 Å². The standard InChI is InChI=1S/C19H15N.C16H16.C14H13N.C13H10O.C13H10S/c1-14-11-12-17-16-9-5-6-10-18(16)20(19(17)13-14)15-7-3-2-4-8-15;1-11-8-9-13-12-6-4-5-7-14(12)16(2,3)15(13)10-11;1-10-7-8-12-11-5-3-4-6-13(11)15(2)14(12)9-10;2*1-9-6-7-11-10-4-2-3-5-12(10)14-13(11)8-9/h2-13H,1H3;4-10H,1-3H3;3-9H,1-2H3;2*2-8H,1H3. The average molecular weight is 1040 g/mol. The van der Waals surface area contributed by atoms with Crippen molar-refractivity contribution in [3.8, 4) is 16.8 Å². The van der Waals surface area contributed by atoms with Crippen LogP contribution in [0.4, 0.5) is 0 Å². The summed E-state index contributed by atoms with van der Waals surface area (Å²) in [5, 5.41) is 10.5. The number of hydrogen-bond acceptors (Lipinski definition) is 2. The number of nitrogens with zero attached hydrogens (tertiary/aromatic N) is 2. The summed E-state index contributed by atoms with van der Waals surface area (Å²) in [5.41, 5.74) is 20.7. The maximum Gasteiger partial charge on any atom is 0.135 e. The van der Waals surface area contributed by atoms with Crippen molar-refractivity contribution in [3.05, 3.63) is 282 Å². The molecule has 386 valence electrons. The van der Waals surface area contributed by atoms with E-state index in [0.29, 0.717) is 0 Å². The number of para-hydroxylation sites is 4. The number of aromatic nitrogens is 2. The van der Waals surface area contributed by atoms with E-state index in [1.807, 2.05) is 29.5 Å². The predicted octanol–water partition coefficient (Wildman–Crippen LogP) is 21.3. The molecule has 0 amide bonds. The highest BCUT2D eigenvalue weighted by Crippen LogP contribution is 2.48. The Kier molecular flexibility index (Phi) is 13.6. The smallest absolute Gasteiger partial charge is 0.135 e. The van der Waals surface area contributed by atoms with Gasteiger partial charge in [-0.3, -0.25) is 0 Å². The summed E-state index contributed by atoms with van der Waals surface area (Å²) in [6.07, 6.45) is 0. The molecular weight excluding hydrogens is 977 g/mol. The molecule has 0 saturated carbocycles. The highest BCUT2D eigenvalue weighted by molar-refractivity contribution is 7.25. The molecular formula is C75H64N2OS. The third kappa shape index (κ3) is 9.68. The maximum absolute atomic E-state index is 5.73. The van der Waals surface area contributed by atoms with Gasteiger partial charge >= 0.3 is 0 Å². The lowest BCUT2D eigenvalue weighted by Gasteiger charge is -2.21. The van der Waals surface area contributed by atoms with Crippen LogP contribution in [0.3, 0.4) is 0 Å². The molecule has 0 radical (unpaired) electrons. The first kappa shape index (κ1) is 50.8. The highest BCUT2D eigenvalue weighted by Gasteiger charge is 2.34. The van der Waals surface area contributed by atoms with Crippen molar-refractivity contribution in [2.75, 3.05) is 0 Å². The lowest BCUT2D eigenvalue weighted by atomic mass is 9.82. The second kappa shape index (κ2) is 21.1. The summed E-state index contributed by atoms with van der Waals surface area (Å²) >= 11 is 1.88. The van der Waals surface area contributed by atoms with Gasteiger partial charge in [-0.2, -0.15) is 0 Å². The predicted molar refractivity (Wildman–Crippen MR) is 342 cm³/mol. The van der Waals surface area contributed by atoms with Crippen molar-refractivity contribution in [1.82, 2.24) is 9.13 Å². The Morgan fingerprint density at radius 2 is 0.797 bits per heavy atom. The molecule has 0 atom stereocenters. The number of aryl methyl sites for hydroxylation is 6. The Bertz CT molecular complexity index is 4600. The molecule has 0 fully saturated rings. The van der Waals surface area contributed by atoms with E-state index in [4.69, 9.17) is 4.42 Å². The van der Waals surface area contributed by atoms with Crippen LogP contribution >= 0.6 is 11.3 Å². The summed E-state index contributed by atoms with van der Waals surface area (Å²) in [7, 11) is 2.13. The van der Waals surface area contributed by atoms with E-state index in [9.17, 15) is 0 Å². The van der Waals surface area contributed by atoms with Gasteiger partial charge in [-0.15, -0.1) is 11.3 Å². The molecule has 0 bridgehead atoms.